The molecule has 20 heavy (non-hydrogen) atoms. The van der Waals surface area contributed by atoms with Crippen molar-refractivity contribution in [2.75, 3.05) is 12.9 Å². The molecular formula is C15H18N2O2S. The average molecular weight is 290 g/mol. The Morgan fingerprint density at radius 3 is 2.65 bits per heavy atom. The molecule has 2 rings (SSSR count). The van der Waals surface area contributed by atoms with E-state index >= 15 is 0 Å². The second kappa shape index (κ2) is 6.61. The third-order valence-corrected chi connectivity index (χ3v) is 3.86. The number of ether oxygens (including phenoxy) is 1. The second-order valence-electron chi connectivity index (χ2n) is 4.62. The zero-order valence-corrected chi connectivity index (χ0v) is 12.7. The maximum Gasteiger partial charge on any atom is 0.194 e. The molecule has 4 nitrogen and oxygen atoms in total. The Hall–Kier alpha value is -1.75. The number of hydrogen-bond acceptors (Lipinski definition) is 4. The SMILES string of the molecule is COc1cnn(C(C)C)c1C(=O)CSc1ccccc1. The molecule has 0 unspecified atom stereocenters. The minimum atomic E-state index is 0.0295. The fourth-order valence-electron chi connectivity index (χ4n) is 1.89. The number of methoxy groups -OCH3 is 1. The monoisotopic (exact) mass is 290 g/mol. The Bertz CT molecular complexity index is 579. The molecule has 2 aromatic rings. The molecule has 0 bridgehead atoms. The van der Waals surface area contributed by atoms with Crippen molar-refractivity contribution in [2.45, 2.75) is 24.8 Å². The number of Topliss-reactive ketones (excluding diaryl/α,β-unsaturated/α-hetero) is 1. The van der Waals surface area contributed by atoms with Gasteiger partial charge in [0.2, 0.25) is 0 Å². The summed E-state index contributed by atoms with van der Waals surface area (Å²) in [7, 11) is 1.56. The van der Waals surface area contributed by atoms with Crippen LogP contribution in [0.1, 0.15) is 30.4 Å². The van der Waals surface area contributed by atoms with E-state index in [4.69, 9.17) is 4.74 Å². The van der Waals surface area contributed by atoms with Crippen LogP contribution in [0.2, 0.25) is 0 Å². The van der Waals surface area contributed by atoms with E-state index in [9.17, 15) is 4.79 Å². The molecule has 1 heterocycles. The summed E-state index contributed by atoms with van der Waals surface area (Å²) in [5.74, 6) is 0.943. The molecule has 0 aliphatic rings. The minimum absolute atomic E-state index is 0.0295. The van der Waals surface area contributed by atoms with Crippen molar-refractivity contribution in [3.8, 4) is 5.75 Å². The molecule has 0 N–H and O–H groups in total. The number of nitrogens with zero attached hydrogens (tertiary/aromatic N) is 2. The van der Waals surface area contributed by atoms with E-state index in [2.05, 4.69) is 5.10 Å². The van der Waals surface area contributed by atoms with Crippen LogP contribution in [0.5, 0.6) is 5.75 Å². The average Bonchev–Trinajstić information content (AvgIpc) is 2.90. The highest BCUT2D eigenvalue weighted by atomic mass is 32.2. The summed E-state index contributed by atoms with van der Waals surface area (Å²) in [6.45, 7) is 3.99. The second-order valence-corrected chi connectivity index (χ2v) is 5.67. The zero-order valence-electron chi connectivity index (χ0n) is 11.9. The van der Waals surface area contributed by atoms with Gasteiger partial charge < -0.3 is 4.74 Å². The lowest BCUT2D eigenvalue weighted by Gasteiger charge is -2.11. The van der Waals surface area contributed by atoms with E-state index in [0.717, 1.165) is 4.90 Å². The largest absolute Gasteiger partial charge is 0.493 e. The first kappa shape index (κ1) is 14.7. The predicted molar refractivity (Wildman–Crippen MR) is 80.7 cm³/mol. The standard InChI is InChI=1S/C15H18N2O2S/c1-11(2)17-15(14(19-3)9-16-17)13(18)10-20-12-7-5-4-6-8-12/h4-9,11H,10H2,1-3H3. The van der Waals surface area contributed by atoms with E-state index in [1.807, 2.05) is 44.2 Å². The Labute approximate surface area is 123 Å². The van der Waals surface area contributed by atoms with Crippen molar-refractivity contribution < 1.29 is 9.53 Å². The van der Waals surface area contributed by atoms with Crippen molar-refractivity contribution in [1.29, 1.82) is 0 Å². The third kappa shape index (κ3) is 3.22. The van der Waals surface area contributed by atoms with E-state index in [0.29, 0.717) is 17.2 Å². The van der Waals surface area contributed by atoms with Gasteiger partial charge in [-0.1, -0.05) is 18.2 Å². The highest BCUT2D eigenvalue weighted by Gasteiger charge is 2.20. The number of hydrogen-bond donors (Lipinski definition) is 0. The van der Waals surface area contributed by atoms with Crippen molar-refractivity contribution in [1.82, 2.24) is 9.78 Å². The maximum absolute atomic E-state index is 12.4. The van der Waals surface area contributed by atoms with Gasteiger partial charge in [0.1, 0.15) is 5.69 Å². The normalized spacial score (nSPS) is 10.8. The van der Waals surface area contributed by atoms with Crippen LogP contribution in [-0.2, 0) is 0 Å². The van der Waals surface area contributed by atoms with Crippen LogP contribution in [-0.4, -0.2) is 28.4 Å². The summed E-state index contributed by atoms with van der Waals surface area (Å²) in [4.78, 5) is 13.5. The van der Waals surface area contributed by atoms with Crippen LogP contribution in [0.15, 0.2) is 41.4 Å². The summed E-state index contributed by atoms with van der Waals surface area (Å²) in [6.07, 6.45) is 1.60. The van der Waals surface area contributed by atoms with Gasteiger partial charge in [-0.3, -0.25) is 9.48 Å². The number of benzene rings is 1. The molecule has 0 amide bonds. The Kier molecular flexibility index (Phi) is 4.84. The summed E-state index contributed by atoms with van der Waals surface area (Å²) in [5, 5.41) is 4.22. The molecule has 106 valence electrons. The first-order valence-corrected chi connectivity index (χ1v) is 7.44. The smallest absolute Gasteiger partial charge is 0.194 e. The quantitative estimate of drug-likeness (QED) is 0.604. The highest BCUT2D eigenvalue weighted by Crippen LogP contribution is 2.25. The van der Waals surface area contributed by atoms with E-state index in [-0.39, 0.29) is 11.8 Å². The topological polar surface area (TPSA) is 44.1 Å². The first-order valence-electron chi connectivity index (χ1n) is 6.46. The van der Waals surface area contributed by atoms with Gasteiger partial charge in [0.15, 0.2) is 11.5 Å². The lowest BCUT2D eigenvalue weighted by Crippen LogP contribution is -2.15. The summed E-state index contributed by atoms with van der Waals surface area (Å²) >= 11 is 1.52. The third-order valence-electron chi connectivity index (χ3n) is 2.85. The number of carbonyl (C=O) groups is 1. The molecule has 1 aromatic heterocycles. The molecule has 1 aromatic carbocycles. The molecule has 0 aliphatic heterocycles. The number of ketones is 1. The molecular weight excluding hydrogens is 272 g/mol. The summed E-state index contributed by atoms with van der Waals surface area (Å²) in [5.41, 5.74) is 0.547. The number of thioether (sulfide) groups is 1. The summed E-state index contributed by atoms with van der Waals surface area (Å²) in [6, 6.07) is 10.0. The molecule has 0 atom stereocenters. The van der Waals surface area contributed by atoms with Crippen LogP contribution in [0.3, 0.4) is 0 Å². The Morgan fingerprint density at radius 2 is 2.05 bits per heavy atom. The Balaban J connectivity index is 2.14. The molecule has 0 spiro atoms. The predicted octanol–water partition coefficient (Wildman–Crippen LogP) is 3.45. The Morgan fingerprint density at radius 1 is 1.35 bits per heavy atom. The van der Waals surface area contributed by atoms with E-state index < -0.39 is 0 Å². The number of rotatable bonds is 6. The van der Waals surface area contributed by atoms with Gasteiger partial charge in [-0.05, 0) is 26.0 Å². The van der Waals surface area contributed by atoms with Gasteiger partial charge in [-0.25, -0.2) is 0 Å². The van der Waals surface area contributed by atoms with E-state index in [1.165, 1.54) is 11.8 Å². The van der Waals surface area contributed by atoms with Crippen LogP contribution >= 0.6 is 11.8 Å². The van der Waals surface area contributed by atoms with Crippen LogP contribution in [0, 0.1) is 0 Å². The van der Waals surface area contributed by atoms with Crippen molar-refractivity contribution >= 4 is 17.5 Å². The van der Waals surface area contributed by atoms with Gasteiger partial charge in [0.25, 0.3) is 0 Å². The van der Waals surface area contributed by atoms with Gasteiger partial charge >= 0.3 is 0 Å². The lowest BCUT2D eigenvalue weighted by molar-refractivity contribution is 0.100. The molecule has 0 radical (unpaired) electrons. The maximum atomic E-state index is 12.4. The highest BCUT2D eigenvalue weighted by molar-refractivity contribution is 8.00. The fourth-order valence-corrected chi connectivity index (χ4v) is 2.67. The van der Waals surface area contributed by atoms with Crippen molar-refractivity contribution in [3.05, 3.63) is 42.2 Å². The molecule has 0 saturated heterocycles. The van der Waals surface area contributed by atoms with Crippen molar-refractivity contribution in [2.24, 2.45) is 0 Å². The van der Waals surface area contributed by atoms with Gasteiger partial charge in [0, 0.05) is 10.9 Å². The number of aromatic nitrogens is 2. The van der Waals surface area contributed by atoms with Gasteiger partial charge in [-0.2, -0.15) is 5.10 Å². The molecule has 0 fully saturated rings. The summed E-state index contributed by atoms with van der Waals surface area (Å²) < 4.78 is 6.95. The lowest BCUT2D eigenvalue weighted by atomic mass is 10.2. The minimum Gasteiger partial charge on any atom is -0.493 e. The zero-order chi connectivity index (χ0) is 14.5. The molecule has 0 saturated carbocycles. The van der Waals surface area contributed by atoms with Gasteiger partial charge in [-0.15, -0.1) is 11.8 Å². The van der Waals surface area contributed by atoms with Crippen molar-refractivity contribution in [3.63, 3.8) is 0 Å². The van der Waals surface area contributed by atoms with Gasteiger partial charge in [0.05, 0.1) is 19.1 Å². The van der Waals surface area contributed by atoms with E-state index in [1.54, 1.807) is 18.0 Å². The molecule has 5 heteroatoms. The van der Waals surface area contributed by atoms with Crippen LogP contribution in [0.25, 0.3) is 0 Å². The fraction of sp³-hybridized carbons (Fsp3) is 0.333. The first-order chi connectivity index (χ1) is 9.63. The van der Waals surface area contributed by atoms with Crippen LogP contribution in [0.4, 0.5) is 0 Å². The number of carbonyl (C=O) groups excluding carboxylic acids is 1. The molecule has 0 aliphatic carbocycles. The van der Waals surface area contributed by atoms with Crippen LogP contribution < -0.4 is 4.74 Å².